The maximum Gasteiger partial charge on any atom is 0.253 e. The van der Waals surface area contributed by atoms with Gasteiger partial charge >= 0.3 is 0 Å². The minimum Gasteiger partial charge on any atom is -0.339 e. The molecule has 1 N–H and O–H groups in total. The van der Waals surface area contributed by atoms with E-state index in [2.05, 4.69) is 36.2 Å². The Balaban J connectivity index is 0.00000240. The number of nitrogens with one attached hydrogen (secondary N) is 1. The zero-order valence-electron chi connectivity index (χ0n) is 17.5. The Morgan fingerprint density at radius 1 is 1.24 bits per heavy atom. The van der Waals surface area contributed by atoms with Crippen LogP contribution in [-0.2, 0) is 6.42 Å². The number of hydrogen-bond acceptors (Lipinski definition) is 5. The topological polar surface area (TPSA) is 71.3 Å². The summed E-state index contributed by atoms with van der Waals surface area (Å²) in [6.45, 7) is 10.3. The Labute approximate surface area is 178 Å². The lowest BCUT2D eigenvalue weighted by atomic mass is 9.78. The van der Waals surface area contributed by atoms with E-state index in [4.69, 9.17) is 4.52 Å². The molecule has 2 aliphatic rings. The Morgan fingerprint density at radius 2 is 2.00 bits per heavy atom. The number of piperidine rings is 1. The third-order valence-electron chi connectivity index (χ3n) is 5.96. The summed E-state index contributed by atoms with van der Waals surface area (Å²) in [5, 5.41) is 7.59. The molecule has 1 spiro atoms. The van der Waals surface area contributed by atoms with Crippen LogP contribution in [0.25, 0.3) is 11.4 Å². The van der Waals surface area contributed by atoms with Crippen molar-refractivity contribution < 1.29 is 9.32 Å². The first-order chi connectivity index (χ1) is 13.3. The molecule has 0 radical (unpaired) electrons. The number of carbonyl (C=O) groups excluding carboxylic acids is 1. The fourth-order valence-electron chi connectivity index (χ4n) is 4.28. The number of halogens is 1. The fraction of sp³-hybridized carbons (Fsp3) is 0.591. The van der Waals surface area contributed by atoms with Gasteiger partial charge in [0.1, 0.15) is 0 Å². The summed E-state index contributed by atoms with van der Waals surface area (Å²) in [5.74, 6) is 1.27. The van der Waals surface area contributed by atoms with Gasteiger partial charge < -0.3 is 14.7 Å². The third kappa shape index (κ3) is 4.98. The van der Waals surface area contributed by atoms with Gasteiger partial charge in [0.25, 0.3) is 5.91 Å². The van der Waals surface area contributed by atoms with Gasteiger partial charge in [-0.1, -0.05) is 38.1 Å². The van der Waals surface area contributed by atoms with Gasteiger partial charge in [0.15, 0.2) is 0 Å². The van der Waals surface area contributed by atoms with Crippen LogP contribution in [0.2, 0.25) is 0 Å². The molecule has 158 valence electrons. The number of likely N-dealkylation sites (tertiary alicyclic amines) is 1. The van der Waals surface area contributed by atoms with E-state index >= 15 is 0 Å². The SMILES string of the molecule is CC(C)(C)Cc1nc(-c2cccc(C(=O)N3CCC4(CCNC4)CC3)c2)no1.Cl. The van der Waals surface area contributed by atoms with Crippen LogP contribution in [0.5, 0.6) is 0 Å². The summed E-state index contributed by atoms with van der Waals surface area (Å²) in [6.07, 6.45) is 4.14. The number of aromatic nitrogens is 2. The Morgan fingerprint density at radius 3 is 2.66 bits per heavy atom. The molecule has 0 saturated carbocycles. The van der Waals surface area contributed by atoms with Gasteiger partial charge in [0, 0.05) is 37.2 Å². The standard InChI is InChI=1S/C22H30N4O2.ClH/c1-21(2,3)14-18-24-19(25-28-18)16-5-4-6-17(13-16)20(27)26-11-8-22(9-12-26)7-10-23-15-22;/h4-6,13,23H,7-12,14-15H2,1-3H3;1H. The second kappa shape index (κ2) is 8.44. The lowest BCUT2D eigenvalue weighted by Gasteiger charge is -2.38. The number of carbonyl (C=O) groups is 1. The summed E-state index contributed by atoms with van der Waals surface area (Å²) in [7, 11) is 0. The van der Waals surface area contributed by atoms with Crippen LogP contribution >= 0.6 is 12.4 Å². The molecule has 2 fully saturated rings. The highest BCUT2D eigenvalue weighted by molar-refractivity contribution is 5.95. The summed E-state index contributed by atoms with van der Waals surface area (Å²) < 4.78 is 5.40. The summed E-state index contributed by atoms with van der Waals surface area (Å²) in [4.78, 5) is 19.5. The van der Waals surface area contributed by atoms with Crippen molar-refractivity contribution in [2.45, 2.75) is 46.5 Å². The molecule has 1 aromatic carbocycles. The summed E-state index contributed by atoms with van der Waals surface area (Å²) in [6, 6.07) is 7.59. The average Bonchev–Trinajstić information content (AvgIpc) is 3.31. The lowest BCUT2D eigenvalue weighted by Crippen LogP contribution is -2.44. The highest BCUT2D eigenvalue weighted by Gasteiger charge is 2.38. The quantitative estimate of drug-likeness (QED) is 0.816. The van der Waals surface area contributed by atoms with E-state index in [1.807, 2.05) is 29.2 Å². The molecular weight excluding hydrogens is 388 g/mol. The summed E-state index contributed by atoms with van der Waals surface area (Å²) >= 11 is 0. The highest BCUT2D eigenvalue weighted by atomic mass is 35.5. The van der Waals surface area contributed by atoms with Gasteiger partial charge in [-0.05, 0) is 48.8 Å². The molecule has 2 aromatic rings. The minimum absolute atomic E-state index is 0. The second-order valence-corrected chi connectivity index (χ2v) is 9.55. The van der Waals surface area contributed by atoms with Crippen LogP contribution in [-0.4, -0.2) is 47.1 Å². The van der Waals surface area contributed by atoms with Gasteiger partial charge in [-0.3, -0.25) is 4.79 Å². The number of hydrogen-bond donors (Lipinski definition) is 1. The molecule has 0 aliphatic carbocycles. The molecule has 3 heterocycles. The zero-order chi connectivity index (χ0) is 19.8. The van der Waals surface area contributed by atoms with E-state index < -0.39 is 0 Å². The van der Waals surface area contributed by atoms with E-state index in [1.54, 1.807) is 0 Å². The van der Waals surface area contributed by atoms with Crippen LogP contribution < -0.4 is 5.32 Å². The van der Waals surface area contributed by atoms with Gasteiger partial charge in [0.2, 0.25) is 11.7 Å². The lowest BCUT2D eigenvalue weighted by molar-refractivity contribution is 0.0607. The predicted octanol–water partition coefficient (Wildman–Crippen LogP) is 3.96. The molecule has 1 aromatic heterocycles. The normalized spacial score (nSPS) is 18.7. The van der Waals surface area contributed by atoms with Crippen LogP contribution in [0, 0.1) is 10.8 Å². The van der Waals surface area contributed by atoms with E-state index in [9.17, 15) is 4.79 Å². The van der Waals surface area contributed by atoms with Crippen molar-refractivity contribution in [3.63, 3.8) is 0 Å². The number of nitrogens with zero attached hydrogens (tertiary/aromatic N) is 3. The smallest absolute Gasteiger partial charge is 0.253 e. The van der Waals surface area contributed by atoms with E-state index in [-0.39, 0.29) is 23.7 Å². The molecule has 29 heavy (non-hydrogen) atoms. The van der Waals surface area contributed by atoms with Crippen molar-refractivity contribution in [3.8, 4) is 11.4 Å². The van der Waals surface area contributed by atoms with E-state index in [0.717, 1.165) is 51.0 Å². The second-order valence-electron chi connectivity index (χ2n) is 9.55. The van der Waals surface area contributed by atoms with Crippen LogP contribution in [0.3, 0.4) is 0 Å². The largest absolute Gasteiger partial charge is 0.339 e. The summed E-state index contributed by atoms with van der Waals surface area (Å²) in [5.41, 5.74) is 2.01. The van der Waals surface area contributed by atoms with Gasteiger partial charge in [-0.25, -0.2) is 0 Å². The molecule has 0 atom stereocenters. The highest BCUT2D eigenvalue weighted by Crippen LogP contribution is 2.37. The molecule has 1 amide bonds. The maximum atomic E-state index is 13.0. The molecule has 2 saturated heterocycles. The van der Waals surface area contributed by atoms with Crippen molar-refractivity contribution in [3.05, 3.63) is 35.7 Å². The molecular formula is C22H31ClN4O2. The molecule has 0 bridgehead atoms. The Kier molecular flexibility index (Phi) is 6.34. The molecule has 0 unspecified atom stereocenters. The van der Waals surface area contributed by atoms with E-state index in [0.29, 0.717) is 22.7 Å². The number of amides is 1. The van der Waals surface area contributed by atoms with Crippen LogP contribution in [0.4, 0.5) is 0 Å². The average molecular weight is 419 g/mol. The number of rotatable bonds is 3. The van der Waals surface area contributed by atoms with Crippen molar-refractivity contribution in [1.82, 2.24) is 20.4 Å². The molecule has 7 heteroatoms. The maximum absolute atomic E-state index is 13.0. The monoisotopic (exact) mass is 418 g/mol. The first-order valence-electron chi connectivity index (χ1n) is 10.3. The minimum atomic E-state index is 0. The van der Waals surface area contributed by atoms with Crippen LogP contribution in [0.15, 0.2) is 28.8 Å². The Hall–Kier alpha value is -1.92. The van der Waals surface area contributed by atoms with Gasteiger partial charge in [-0.15, -0.1) is 12.4 Å². The molecule has 2 aliphatic heterocycles. The first-order valence-corrected chi connectivity index (χ1v) is 10.3. The molecule has 4 rings (SSSR count). The number of benzene rings is 1. The molecule has 6 nitrogen and oxygen atoms in total. The fourth-order valence-corrected chi connectivity index (χ4v) is 4.28. The van der Waals surface area contributed by atoms with Gasteiger partial charge in [0.05, 0.1) is 0 Å². The van der Waals surface area contributed by atoms with Crippen LogP contribution in [0.1, 0.15) is 56.3 Å². The zero-order valence-corrected chi connectivity index (χ0v) is 18.3. The van der Waals surface area contributed by atoms with Crippen molar-refractivity contribution in [2.75, 3.05) is 26.2 Å². The van der Waals surface area contributed by atoms with Crippen molar-refractivity contribution in [1.29, 1.82) is 0 Å². The van der Waals surface area contributed by atoms with Crippen molar-refractivity contribution in [2.24, 2.45) is 10.8 Å². The first kappa shape index (κ1) is 21.8. The third-order valence-corrected chi connectivity index (χ3v) is 5.96. The van der Waals surface area contributed by atoms with Gasteiger partial charge in [-0.2, -0.15) is 4.98 Å². The predicted molar refractivity (Wildman–Crippen MR) is 115 cm³/mol. The Bertz CT molecular complexity index is 842. The van der Waals surface area contributed by atoms with E-state index in [1.165, 1.54) is 6.42 Å². The van der Waals surface area contributed by atoms with Crippen molar-refractivity contribution >= 4 is 18.3 Å².